The molecule has 2 heterocycles. The number of nitrogens with zero attached hydrogens (tertiary/aromatic N) is 1. The van der Waals surface area contributed by atoms with E-state index >= 15 is 0 Å². The molecule has 0 aromatic heterocycles. The standard InChI is InChI=1S/C15H27N3O/c19-15(17-10-12-3-4-12)11-18-8-5-13(6-9-18)14-2-1-7-16-14/h12-14,16H,1-11H2,(H,17,19). The molecule has 0 aromatic carbocycles. The average molecular weight is 265 g/mol. The van der Waals surface area contributed by atoms with E-state index in [1.807, 2.05) is 0 Å². The minimum atomic E-state index is 0.226. The lowest BCUT2D eigenvalue weighted by molar-refractivity contribution is -0.122. The Labute approximate surface area is 116 Å². The van der Waals surface area contributed by atoms with E-state index in [9.17, 15) is 4.79 Å². The summed E-state index contributed by atoms with van der Waals surface area (Å²) in [6.45, 7) is 4.91. The highest BCUT2D eigenvalue weighted by Crippen LogP contribution is 2.27. The predicted molar refractivity (Wildman–Crippen MR) is 75.9 cm³/mol. The molecule has 0 aromatic rings. The number of carbonyl (C=O) groups is 1. The van der Waals surface area contributed by atoms with Crippen molar-refractivity contribution in [2.75, 3.05) is 32.7 Å². The van der Waals surface area contributed by atoms with Gasteiger partial charge in [0.2, 0.25) is 5.91 Å². The van der Waals surface area contributed by atoms with E-state index in [0.29, 0.717) is 6.54 Å². The predicted octanol–water partition coefficient (Wildman–Crippen LogP) is 0.977. The molecule has 1 saturated carbocycles. The summed E-state index contributed by atoms with van der Waals surface area (Å²) in [6, 6.07) is 0.755. The maximum Gasteiger partial charge on any atom is 0.234 e. The van der Waals surface area contributed by atoms with Gasteiger partial charge in [0.25, 0.3) is 0 Å². The maximum atomic E-state index is 11.8. The molecule has 1 unspecified atom stereocenters. The van der Waals surface area contributed by atoms with Crippen LogP contribution in [0.25, 0.3) is 0 Å². The lowest BCUT2D eigenvalue weighted by Gasteiger charge is -2.34. The van der Waals surface area contributed by atoms with Crippen LogP contribution in [0.5, 0.6) is 0 Å². The van der Waals surface area contributed by atoms with Crippen LogP contribution in [0.2, 0.25) is 0 Å². The third-order valence-electron chi connectivity index (χ3n) is 4.95. The summed E-state index contributed by atoms with van der Waals surface area (Å²) in [4.78, 5) is 14.1. The Morgan fingerprint density at radius 1 is 1.16 bits per heavy atom. The van der Waals surface area contributed by atoms with E-state index in [2.05, 4.69) is 15.5 Å². The minimum Gasteiger partial charge on any atom is -0.355 e. The molecular formula is C15H27N3O. The first-order valence-electron chi connectivity index (χ1n) is 8.03. The lowest BCUT2D eigenvalue weighted by Crippen LogP contribution is -2.45. The lowest BCUT2D eigenvalue weighted by atomic mass is 9.88. The zero-order chi connectivity index (χ0) is 13.1. The van der Waals surface area contributed by atoms with Crippen LogP contribution < -0.4 is 10.6 Å². The zero-order valence-corrected chi connectivity index (χ0v) is 11.9. The summed E-state index contributed by atoms with van der Waals surface area (Å²) < 4.78 is 0. The van der Waals surface area contributed by atoms with E-state index in [1.54, 1.807) is 0 Å². The summed E-state index contributed by atoms with van der Waals surface area (Å²) in [7, 11) is 0. The molecule has 3 fully saturated rings. The number of carbonyl (C=O) groups excluding carboxylic acids is 1. The van der Waals surface area contributed by atoms with Crippen molar-refractivity contribution in [3.05, 3.63) is 0 Å². The molecule has 19 heavy (non-hydrogen) atoms. The van der Waals surface area contributed by atoms with Gasteiger partial charge in [0.15, 0.2) is 0 Å². The molecule has 3 rings (SSSR count). The van der Waals surface area contributed by atoms with E-state index in [4.69, 9.17) is 0 Å². The highest BCUT2D eigenvalue weighted by Gasteiger charge is 2.29. The molecular weight excluding hydrogens is 238 g/mol. The summed E-state index contributed by atoms with van der Waals surface area (Å²) in [5, 5.41) is 6.69. The molecule has 4 nitrogen and oxygen atoms in total. The van der Waals surface area contributed by atoms with Crippen LogP contribution in [-0.4, -0.2) is 49.6 Å². The molecule has 4 heteroatoms. The Morgan fingerprint density at radius 2 is 1.95 bits per heavy atom. The quantitative estimate of drug-likeness (QED) is 0.779. The molecule has 2 aliphatic heterocycles. The third kappa shape index (κ3) is 3.93. The first-order chi connectivity index (χ1) is 9.31. The topological polar surface area (TPSA) is 44.4 Å². The monoisotopic (exact) mass is 265 g/mol. The van der Waals surface area contributed by atoms with Gasteiger partial charge in [-0.15, -0.1) is 0 Å². The fourth-order valence-corrected chi connectivity index (χ4v) is 3.47. The van der Waals surface area contributed by atoms with Crippen molar-refractivity contribution in [2.45, 2.75) is 44.6 Å². The van der Waals surface area contributed by atoms with Gasteiger partial charge in [0.05, 0.1) is 6.54 Å². The molecule has 3 aliphatic rings. The maximum absolute atomic E-state index is 11.8. The summed E-state index contributed by atoms with van der Waals surface area (Å²) >= 11 is 0. The summed E-state index contributed by atoms with van der Waals surface area (Å²) in [6.07, 6.45) is 7.82. The number of rotatable bonds is 5. The Morgan fingerprint density at radius 3 is 2.58 bits per heavy atom. The smallest absolute Gasteiger partial charge is 0.234 e. The SMILES string of the molecule is O=C(CN1CCC(C2CCCN2)CC1)NCC1CC1. The molecule has 2 N–H and O–H groups in total. The van der Waals surface area contributed by atoms with E-state index in [1.165, 1.54) is 45.1 Å². The first-order valence-corrected chi connectivity index (χ1v) is 8.03. The van der Waals surface area contributed by atoms with E-state index in [0.717, 1.165) is 37.5 Å². The van der Waals surface area contributed by atoms with Gasteiger partial charge < -0.3 is 10.6 Å². The Bertz CT molecular complexity index is 303. The number of nitrogens with one attached hydrogen (secondary N) is 2. The molecule has 0 spiro atoms. The molecule has 1 atom stereocenters. The van der Waals surface area contributed by atoms with Crippen molar-refractivity contribution in [1.29, 1.82) is 0 Å². The Hall–Kier alpha value is -0.610. The van der Waals surface area contributed by atoms with Gasteiger partial charge in [0.1, 0.15) is 0 Å². The number of amides is 1. The minimum absolute atomic E-state index is 0.226. The van der Waals surface area contributed by atoms with E-state index in [-0.39, 0.29) is 5.91 Å². The van der Waals surface area contributed by atoms with Crippen LogP contribution in [-0.2, 0) is 4.79 Å². The molecule has 1 aliphatic carbocycles. The number of likely N-dealkylation sites (tertiary alicyclic amines) is 1. The van der Waals surface area contributed by atoms with Crippen LogP contribution in [0.4, 0.5) is 0 Å². The first kappa shape index (κ1) is 13.4. The fraction of sp³-hybridized carbons (Fsp3) is 0.933. The number of piperidine rings is 1. The molecule has 2 saturated heterocycles. The van der Waals surface area contributed by atoms with Gasteiger partial charge in [-0.2, -0.15) is 0 Å². The summed E-state index contributed by atoms with van der Waals surface area (Å²) in [5.74, 6) is 1.85. The van der Waals surface area contributed by atoms with Crippen molar-refractivity contribution >= 4 is 5.91 Å². The summed E-state index contributed by atoms with van der Waals surface area (Å²) in [5.41, 5.74) is 0. The second-order valence-electron chi connectivity index (χ2n) is 6.56. The van der Waals surface area contributed by atoms with Crippen molar-refractivity contribution in [1.82, 2.24) is 15.5 Å². The Balaban J connectivity index is 1.33. The normalized spacial score (nSPS) is 29.6. The molecule has 108 valence electrons. The largest absolute Gasteiger partial charge is 0.355 e. The van der Waals surface area contributed by atoms with Crippen LogP contribution in [0.15, 0.2) is 0 Å². The van der Waals surface area contributed by atoms with Crippen LogP contribution in [0.1, 0.15) is 38.5 Å². The van der Waals surface area contributed by atoms with Crippen molar-refractivity contribution in [3.8, 4) is 0 Å². The van der Waals surface area contributed by atoms with Gasteiger partial charge in [-0.25, -0.2) is 0 Å². The Kier molecular flexibility index (Phi) is 4.38. The molecule has 1 amide bonds. The van der Waals surface area contributed by atoms with Gasteiger partial charge in [-0.1, -0.05) is 0 Å². The van der Waals surface area contributed by atoms with Crippen molar-refractivity contribution in [2.24, 2.45) is 11.8 Å². The fourth-order valence-electron chi connectivity index (χ4n) is 3.47. The zero-order valence-electron chi connectivity index (χ0n) is 11.9. The second kappa shape index (κ2) is 6.23. The van der Waals surface area contributed by atoms with E-state index < -0.39 is 0 Å². The van der Waals surface area contributed by atoms with Gasteiger partial charge in [-0.3, -0.25) is 9.69 Å². The number of hydrogen-bond donors (Lipinski definition) is 2. The van der Waals surface area contributed by atoms with Crippen LogP contribution >= 0.6 is 0 Å². The van der Waals surface area contributed by atoms with Crippen molar-refractivity contribution < 1.29 is 4.79 Å². The van der Waals surface area contributed by atoms with Gasteiger partial charge in [-0.05, 0) is 70.0 Å². The van der Waals surface area contributed by atoms with Crippen molar-refractivity contribution in [3.63, 3.8) is 0 Å². The van der Waals surface area contributed by atoms with Crippen LogP contribution in [0, 0.1) is 11.8 Å². The van der Waals surface area contributed by atoms with Gasteiger partial charge >= 0.3 is 0 Å². The molecule has 0 radical (unpaired) electrons. The number of hydrogen-bond acceptors (Lipinski definition) is 3. The highest BCUT2D eigenvalue weighted by molar-refractivity contribution is 5.78. The average Bonchev–Trinajstić information content (AvgIpc) is 3.10. The third-order valence-corrected chi connectivity index (χ3v) is 4.95. The van der Waals surface area contributed by atoms with Crippen LogP contribution in [0.3, 0.4) is 0 Å². The molecule has 0 bridgehead atoms. The van der Waals surface area contributed by atoms with Gasteiger partial charge in [0, 0.05) is 12.6 Å². The highest BCUT2D eigenvalue weighted by atomic mass is 16.2. The second-order valence-corrected chi connectivity index (χ2v) is 6.56.